The van der Waals surface area contributed by atoms with E-state index in [1.165, 1.54) is 24.3 Å². The van der Waals surface area contributed by atoms with E-state index in [9.17, 15) is 0 Å². The quantitative estimate of drug-likeness (QED) is 0.101. The molecule has 0 saturated heterocycles. The zero-order valence-corrected chi connectivity index (χ0v) is 67.3. The highest BCUT2D eigenvalue weighted by atomic mass is 19.1. The van der Waals surface area contributed by atoms with Gasteiger partial charge in [0.25, 0.3) is 0 Å². The summed E-state index contributed by atoms with van der Waals surface area (Å²) in [6.45, 7) is 4.30. The summed E-state index contributed by atoms with van der Waals surface area (Å²) in [5, 5.41) is 15.6. The standard InChI is InChI=1S/C114H72F2N4O4/c1-69-27-12-13-36-81(69)89-45-23-47-93-95-49-25-51-99(113(95)123-109(89)93)119(78-58-54-73(115)55-59-78)101-65-97-98-66-102(86-40-17-21-44-92(86)112(98)122-111(97)91-43-20-16-39-85(91)101)120(79-60-56-74(116)57-61-79)100-52-26-50-96-94-48-24-46-90(110(94)124-114(96)100)82-62-53-72(63-70(82)2)71-28-22-35-80(64-71)118(77-33-10-5-11-34-77)104-68-106-108(88-42-19-15-38-84(88)104)107-87-41-18-14-37-83(87)103(67-105(107)121-106)117(75-29-6-3-7-30-75)76-31-8-4-9-32-76/h3-68H,1-2H3. The zero-order valence-electron chi connectivity index (χ0n) is 67.3. The molecule has 8 nitrogen and oxygen atoms in total. The Hall–Kier alpha value is -16.3. The van der Waals surface area contributed by atoms with Crippen LogP contribution in [0.1, 0.15) is 11.1 Å². The maximum absolute atomic E-state index is 15.6. The van der Waals surface area contributed by atoms with Gasteiger partial charge in [-0.25, -0.2) is 8.78 Å². The Balaban J connectivity index is 0.628. The Morgan fingerprint density at radius 1 is 0.185 bits per heavy atom. The van der Waals surface area contributed by atoms with E-state index in [0.717, 1.165) is 216 Å². The molecular weight excluding hydrogens is 1530 g/mol. The number of hydrogen-bond donors (Lipinski definition) is 0. The molecule has 0 atom stereocenters. The molecule has 124 heavy (non-hydrogen) atoms. The van der Waals surface area contributed by atoms with Crippen molar-refractivity contribution in [2.24, 2.45) is 0 Å². The van der Waals surface area contributed by atoms with Gasteiger partial charge in [0.2, 0.25) is 0 Å². The van der Waals surface area contributed by atoms with Crippen LogP contribution in [-0.4, -0.2) is 0 Å². The number of halogens is 2. The van der Waals surface area contributed by atoms with Crippen LogP contribution in [0.4, 0.5) is 77.0 Å². The van der Waals surface area contributed by atoms with Crippen LogP contribution in [-0.2, 0) is 0 Å². The van der Waals surface area contributed by atoms with Crippen LogP contribution in [0.3, 0.4) is 0 Å². The lowest BCUT2D eigenvalue weighted by atomic mass is 9.94. The molecule has 0 N–H and O–H groups in total. The van der Waals surface area contributed by atoms with Crippen molar-refractivity contribution < 1.29 is 26.4 Å². The van der Waals surface area contributed by atoms with E-state index in [2.05, 4.69) is 361 Å². The van der Waals surface area contributed by atoms with Gasteiger partial charge >= 0.3 is 0 Å². The van der Waals surface area contributed by atoms with Gasteiger partial charge in [0.1, 0.15) is 45.1 Å². The van der Waals surface area contributed by atoms with Gasteiger partial charge in [0.15, 0.2) is 11.2 Å². The molecule has 0 fully saturated rings. The van der Waals surface area contributed by atoms with Gasteiger partial charge in [-0.15, -0.1) is 0 Å². The predicted octanol–water partition coefficient (Wildman–Crippen LogP) is 33.7. The molecular formula is C114H72F2N4O4. The summed E-state index contributed by atoms with van der Waals surface area (Å²) in [5.74, 6) is -0.712. The lowest BCUT2D eigenvalue weighted by molar-refractivity contribution is 0.627. The summed E-state index contributed by atoms with van der Waals surface area (Å²) >= 11 is 0. The van der Waals surface area contributed by atoms with E-state index in [1.54, 1.807) is 0 Å². The Kier molecular flexibility index (Phi) is 16.6. The van der Waals surface area contributed by atoms with Crippen LogP contribution in [0, 0.1) is 25.5 Å². The molecule has 0 radical (unpaired) electrons. The first-order chi connectivity index (χ1) is 61.2. The summed E-state index contributed by atoms with van der Waals surface area (Å²) in [6, 6.07) is 137. The minimum atomic E-state index is -0.361. The van der Waals surface area contributed by atoms with E-state index < -0.39 is 0 Å². The van der Waals surface area contributed by atoms with E-state index in [-0.39, 0.29) is 11.6 Å². The molecule has 0 unspecified atom stereocenters. The summed E-state index contributed by atoms with van der Waals surface area (Å²) in [7, 11) is 0. The Bertz CT molecular complexity index is 8410. The van der Waals surface area contributed by atoms with Gasteiger partial charge in [0.05, 0.1) is 34.1 Å². The van der Waals surface area contributed by atoms with Crippen LogP contribution in [0.25, 0.3) is 164 Å². The fourth-order valence-electron chi connectivity index (χ4n) is 19.4. The monoisotopic (exact) mass is 1600 g/mol. The highest BCUT2D eigenvalue weighted by Gasteiger charge is 2.31. The number of hydrogen-bond acceptors (Lipinski definition) is 8. The third-order valence-corrected chi connectivity index (χ3v) is 24.9. The first kappa shape index (κ1) is 71.8. The molecule has 0 aliphatic heterocycles. The van der Waals surface area contributed by atoms with Crippen molar-refractivity contribution in [1.82, 2.24) is 0 Å². The first-order valence-electron chi connectivity index (χ1n) is 41.8. The van der Waals surface area contributed by atoms with E-state index >= 15 is 8.78 Å². The molecule has 0 spiro atoms. The molecule has 0 saturated carbocycles. The number of para-hydroxylation sites is 7. The van der Waals surface area contributed by atoms with E-state index in [4.69, 9.17) is 17.7 Å². The van der Waals surface area contributed by atoms with Crippen LogP contribution in [0.2, 0.25) is 0 Å². The molecule has 20 aromatic carbocycles. The summed E-state index contributed by atoms with van der Waals surface area (Å²) in [4.78, 5) is 9.07. The second-order valence-corrected chi connectivity index (χ2v) is 32.0. The average Bonchev–Trinajstić information content (AvgIpc) is 1.53. The molecule has 4 heterocycles. The summed E-state index contributed by atoms with van der Waals surface area (Å²) in [5.41, 5.74) is 24.9. The number of aryl methyl sites for hydroxylation is 2. The predicted molar refractivity (Wildman–Crippen MR) is 510 cm³/mol. The normalized spacial score (nSPS) is 11.9. The Morgan fingerprint density at radius 2 is 0.508 bits per heavy atom. The van der Waals surface area contributed by atoms with Crippen LogP contribution < -0.4 is 19.6 Å². The summed E-state index contributed by atoms with van der Waals surface area (Å²) in [6.07, 6.45) is 0. The fourth-order valence-corrected chi connectivity index (χ4v) is 19.4. The Labute approximate surface area is 711 Å². The smallest absolute Gasteiger partial charge is 0.159 e. The van der Waals surface area contributed by atoms with E-state index in [0.29, 0.717) is 28.0 Å². The second-order valence-electron chi connectivity index (χ2n) is 32.0. The van der Waals surface area contributed by atoms with Gasteiger partial charge in [-0.1, -0.05) is 267 Å². The lowest BCUT2D eigenvalue weighted by Gasteiger charge is -2.27. The summed E-state index contributed by atoms with van der Waals surface area (Å²) < 4.78 is 60.2. The topological polar surface area (TPSA) is 65.5 Å². The van der Waals surface area contributed by atoms with Crippen molar-refractivity contribution in [3.63, 3.8) is 0 Å². The molecule has 586 valence electrons. The minimum Gasteiger partial charge on any atom is -0.456 e. The van der Waals surface area contributed by atoms with Gasteiger partial charge in [-0.3, -0.25) is 0 Å². The lowest BCUT2D eigenvalue weighted by Crippen LogP contribution is -2.11. The molecule has 24 rings (SSSR count). The number of furan rings is 4. The van der Waals surface area contributed by atoms with Crippen LogP contribution in [0.5, 0.6) is 0 Å². The maximum Gasteiger partial charge on any atom is 0.159 e. The number of rotatable bonds is 15. The minimum absolute atomic E-state index is 0.351. The van der Waals surface area contributed by atoms with Gasteiger partial charge in [0, 0.05) is 133 Å². The van der Waals surface area contributed by atoms with Crippen LogP contribution in [0.15, 0.2) is 418 Å². The first-order valence-corrected chi connectivity index (χ1v) is 41.8. The van der Waals surface area contributed by atoms with Gasteiger partial charge in [-0.2, -0.15) is 0 Å². The number of nitrogens with zero attached hydrogens (tertiary/aromatic N) is 4. The maximum atomic E-state index is 15.6. The van der Waals surface area contributed by atoms with Crippen molar-refractivity contribution in [1.29, 1.82) is 0 Å². The largest absolute Gasteiger partial charge is 0.456 e. The molecule has 24 aromatic rings. The highest BCUT2D eigenvalue weighted by Crippen LogP contribution is 2.55. The molecule has 4 aromatic heterocycles. The number of fused-ring (bicyclic) bond motifs is 20. The van der Waals surface area contributed by atoms with Gasteiger partial charge < -0.3 is 37.3 Å². The van der Waals surface area contributed by atoms with Crippen LogP contribution >= 0.6 is 0 Å². The molecule has 10 heteroatoms. The van der Waals surface area contributed by atoms with Crippen molar-refractivity contribution in [2.45, 2.75) is 13.8 Å². The van der Waals surface area contributed by atoms with Gasteiger partial charge in [-0.05, 0) is 179 Å². The molecule has 0 amide bonds. The highest BCUT2D eigenvalue weighted by molar-refractivity contribution is 6.31. The van der Waals surface area contributed by atoms with E-state index in [1.807, 2.05) is 48.5 Å². The third-order valence-electron chi connectivity index (χ3n) is 24.9. The zero-order chi connectivity index (χ0) is 82.4. The second kappa shape index (κ2) is 28.7. The number of anilines is 12. The van der Waals surface area contributed by atoms with Crippen molar-refractivity contribution in [2.75, 3.05) is 19.6 Å². The van der Waals surface area contributed by atoms with Crippen molar-refractivity contribution in [3.05, 3.63) is 423 Å². The average molecular weight is 1600 g/mol. The molecule has 0 aliphatic carbocycles. The fraction of sp³-hybridized carbons (Fsp3) is 0.0175. The number of benzene rings is 20. The molecule has 0 bridgehead atoms. The molecule has 0 aliphatic rings. The third kappa shape index (κ3) is 11.5. The van der Waals surface area contributed by atoms with Crippen molar-refractivity contribution >= 4 is 199 Å². The SMILES string of the molecule is Cc1ccccc1-c1cccc2c1oc1c(N(c3ccc(F)cc3)c3cc4c5cc(N(c6ccc(F)cc6)c6cccc7c6oc6c(-c8ccc(-c9cccc(N(c%10ccccc%10)c%10cc%11oc%12cc(N(c%13ccccc%13)c%13ccccc%13)c%13ccccc%13c%12c%11c%11ccccc%10%11)c9)cc8C)cccc67)c6ccccc6c5oc4c4ccccc34)cccc12. The Morgan fingerprint density at radius 3 is 0.968 bits per heavy atom. The van der Waals surface area contributed by atoms with Crippen molar-refractivity contribution in [3.8, 4) is 33.4 Å².